The predicted octanol–water partition coefficient (Wildman–Crippen LogP) is 3.18. The lowest BCUT2D eigenvalue weighted by Gasteiger charge is -2.15. The lowest BCUT2D eigenvalue weighted by molar-refractivity contribution is 0.846. The topological polar surface area (TPSA) is 85.8 Å². The first-order chi connectivity index (χ1) is 12.3. The van der Waals surface area contributed by atoms with Gasteiger partial charge in [0.2, 0.25) is 11.9 Å². The quantitative estimate of drug-likeness (QED) is 0.691. The summed E-state index contributed by atoms with van der Waals surface area (Å²) in [6, 6.07) is 6.45. The van der Waals surface area contributed by atoms with Crippen LogP contribution in [0.5, 0.6) is 0 Å². The van der Waals surface area contributed by atoms with Crippen LogP contribution in [0.4, 0.5) is 11.9 Å². The number of nitrogen functional groups attached to an aromatic ring is 1. The molecule has 0 amide bonds. The zero-order chi connectivity index (χ0) is 18.8. The number of benzene rings is 1. The highest BCUT2D eigenvalue weighted by Gasteiger charge is 2.17. The zero-order valence-electron chi connectivity index (χ0n) is 15.6. The summed E-state index contributed by atoms with van der Waals surface area (Å²) in [6.45, 7) is 6.23. The zero-order valence-corrected chi connectivity index (χ0v) is 16.4. The van der Waals surface area contributed by atoms with Crippen molar-refractivity contribution in [3.63, 3.8) is 0 Å². The van der Waals surface area contributed by atoms with Gasteiger partial charge in [-0.3, -0.25) is 4.57 Å². The van der Waals surface area contributed by atoms with Crippen molar-refractivity contribution in [2.24, 2.45) is 0 Å². The second kappa shape index (κ2) is 7.33. The van der Waals surface area contributed by atoms with Crippen molar-refractivity contribution < 1.29 is 0 Å². The van der Waals surface area contributed by atoms with Crippen LogP contribution in [0.15, 0.2) is 35.7 Å². The van der Waals surface area contributed by atoms with Crippen molar-refractivity contribution in [3.8, 4) is 5.69 Å². The molecule has 0 aliphatic carbocycles. The monoisotopic (exact) mass is 369 g/mol. The van der Waals surface area contributed by atoms with E-state index in [1.807, 2.05) is 32.1 Å². The molecule has 1 aromatic carbocycles. The van der Waals surface area contributed by atoms with Crippen molar-refractivity contribution in [1.82, 2.24) is 24.5 Å². The molecular formula is C18H23N7S. The van der Waals surface area contributed by atoms with Crippen LogP contribution < -0.4 is 10.6 Å². The molecule has 3 aromatic rings. The van der Waals surface area contributed by atoms with E-state index >= 15 is 0 Å². The van der Waals surface area contributed by atoms with Gasteiger partial charge in [0.25, 0.3) is 0 Å². The fraction of sp³-hybridized carbons (Fsp3) is 0.333. The Balaban J connectivity index is 1.90. The van der Waals surface area contributed by atoms with Gasteiger partial charge in [-0.2, -0.15) is 15.0 Å². The molecule has 0 radical (unpaired) electrons. The van der Waals surface area contributed by atoms with E-state index in [1.165, 1.54) is 11.1 Å². The van der Waals surface area contributed by atoms with Crippen LogP contribution >= 0.6 is 11.8 Å². The molecule has 1 unspecified atom stereocenters. The number of hydrogen-bond donors (Lipinski definition) is 1. The lowest BCUT2D eigenvalue weighted by Crippen LogP contribution is -2.16. The average molecular weight is 369 g/mol. The summed E-state index contributed by atoms with van der Waals surface area (Å²) in [7, 11) is 3.76. The van der Waals surface area contributed by atoms with Gasteiger partial charge < -0.3 is 10.6 Å². The van der Waals surface area contributed by atoms with E-state index in [0.717, 1.165) is 10.8 Å². The fourth-order valence-electron chi connectivity index (χ4n) is 2.65. The third-order valence-electron chi connectivity index (χ3n) is 3.80. The number of aromatic nitrogens is 5. The van der Waals surface area contributed by atoms with Crippen LogP contribution in [0.25, 0.3) is 5.69 Å². The minimum atomic E-state index is -0.0222. The molecule has 0 aliphatic rings. The summed E-state index contributed by atoms with van der Waals surface area (Å²) >= 11 is 1.59. The molecule has 0 aliphatic heterocycles. The molecule has 0 spiro atoms. The number of nitrogens with two attached hydrogens (primary N) is 1. The van der Waals surface area contributed by atoms with E-state index in [9.17, 15) is 0 Å². The van der Waals surface area contributed by atoms with Gasteiger partial charge in [-0.25, -0.2) is 4.98 Å². The Hall–Kier alpha value is -2.61. The van der Waals surface area contributed by atoms with Gasteiger partial charge in [0.15, 0.2) is 5.16 Å². The van der Waals surface area contributed by atoms with Crippen LogP contribution in [0, 0.1) is 13.8 Å². The smallest absolute Gasteiger partial charge is 0.229 e. The Bertz CT molecular complexity index is 899. The van der Waals surface area contributed by atoms with Crippen molar-refractivity contribution in [2.45, 2.75) is 31.2 Å². The summed E-state index contributed by atoms with van der Waals surface area (Å²) in [5.41, 5.74) is 9.38. The first-order valence-corrected chi connectivity index (χ1v) is 9.19. The molecule has 3 rings (SSSR count). The van der Waals surface area contributed by atoms with Crippen molar-refractivity contribution >= 4 is 23.7 Å². The third-order valence-corrected chi connectivity index (χ3v) is 4.87. The van der Waals surface area contributed by atoms with Crippen LogP contribution in [0.1, 0.15) is 29.1 Å². The van der Waals surface area contributed by atoms with Crippen LogP contribution in [0.2, 0.25) is 0 Å². The second-order valence-electron chi connectivity index (χ2n) is 6.43. The number of imidazole rings is 1. The van der Waals surface area contributed by atoms with Crippen LogP contribution in [-0.4, -0.2) is 38.6 Å². The van der Waals surface area contributed by atoms with Crippen molar-refractivity contribution in [3.05, 3.63) is 47.5 Å². The van der Waals surface area contributed by atoms with Gasteiger partial charge >= 0.3 is 0 Å². The van der Waals surface area contributed by atoms with Gasteiger partial charge in [0, 0.05) is 32.2 Å². The Morgan fingerprint density at radius 3 is 2.42 bits per heavy atom. The summed E-state index contributed by atoms with van der Waals surface area (Å²) in [5.74, 6) is 1.42. The third kappa shape index (κ3) is 3.96. The SMILES string of the molecule is Cc1cc(C)cc(-n2ccnc2SC(C)c2nc(N)nc(N(C)C)n2)c1. The van der Waals surface area contributed by atoms with E-state index in [0.29, 0.717) is 11.8 Å². The predicted molar refractivity (Wildman–Crippen MR) is 106 cm³/mol. The molecule has 2 N–H and O–H groups in total. The first kappa shape index (κ1) is 18.2. The summed E-state index contributed by atoms with van der Waals surface area (Å²) < 4.78 is 2.08. The fourth-order valence-corrected chi connectivity index (χ4v) is 3.58. The second-order valence-corrected chi connectivity index (χ2v) is 7.74. The highest BCUT2D eigenvalue weighted by atomic mass is 32.2. The maximum absolute atomic E-state index is 5.84. The summed E-state index contributed by atoms with van der Waals surface area (Å²) in [4.78, 5) is 19.3. The van der Waals surface area contributed by atoms with Crippen molar-refractivity contribution in [2.75, 3.05) is 24.7 Å². The molecule has 2 aromatic heterocycles. The number of hydrogen-bond acceptors (Lipinski definition) is 7. The molecule has 8 heteroatoms. The number of thioether (sulfide) groups is 1. The molecular weight excluding hydrogens is 346 g/mol. The normalized spacial score (nSPS) is 12.2. The van der Waals surface area contributed by atoms with Gasteiger partial charge in [-0.1, -0.05) is 17.8 Å². The molecule has 2 heterocycles. The van der Waals surface area contributed by atoms with E-state index in [-0.39, 0.29) is 11.2 Å². The van der Waals surface area contributed by atoms with Crippen LogP contribution in [-0.2, 0) is 0 Å². The minimum absolute atomic E-state index is 0.0222. The van der Waals surface area contributed by atoms with Gasteiger partial charge in [0.1, 0.15) is 5.82 Å². The maximum Gasteiger partial charge on any atom is 0.229 e. The Labute approximate surface area is 157 Å². The molecule has 1 atom stereocenters. The van der Waals surface area contributed by atoms with Gasteiger partial charge in [-0.15, -0.1) is 0 Å². The Morgan fingerprint density at radius 2 is 1.77 bits per heavy atom. The van der Waals surface area contributed by atoms with E-state index in [1.54, 1.807) is 18.0 Å². The standard InChI is InChI=1S/C18H23N7S/c1-11-8-12(2)10-14(9-11)25-7-6-20-18(25)26-13(3)15-21-16(19)23-17(22-15)24(4)5/h6-10,13H,1-5H3,(H2,19,21,22,23). The molecule has 0 fully saturated rings. The molecule has 0 saturated heterocycles. The van der Waals surface area contributed by atoms with E-state index in [4.69, 9.17) is 5.73 Å². The molecule has 0 bridgehead atoms. The maximum atomic E-state index is 5.84. The summed E-state index contributed by atoms with van der Waals surface area (Å²) in [5, 5.41) is 0.860. The lowest BCUT2D eigenvalue weighted by atomic mass is 10.1. The number of rotatable bonds is 5. The summed E-state index contributed by atoms with van der Waals surface area (Å²) in [6.07, 6.45) is 3.77. The largest absolute Gasteiger partial charge is 0.368 e. The van der Waals surface area contributed by atoms with E-state index in [2.05, 4.69) is 56.5 Å². The molecule has 136 valence electrons. The van der Waals surface area contributed by atoms with Gasteiger partial charge in [-0.05, 0) is 44.0 Å². The number of aryl methyl sites for hydroxylation is 2. The Kier molecular flexibility index (Phi) is 5.13. The molecule has 7 nitrogen and oxygen atoms in total. The number of nitrogens with zero attached hydrogens (tertiary/aromatic N) is 6. The van der Waals surface area contributed by atoms with Crippen molar-refractivity contribution in [1.29, 1.82) is 0 Å². The molecule has 0 saturated carbocycles. The Morgan fingerprint density at radius 1 is 1.08 bits per heavy atom. The van der Waals surface area contributed by atoms with E-state index < -0.39 is 0 Å². The minimum Gasteiger partial charge on any atom is -0.368 e. The average Bonchev–Trinajstić information content (AvgIpc) is 3.01. The highest BCUT2D eigenvalue weighted by Crippen LogP contribution is 2.34. The first-order valence-electron chi connectivity index (χ1n) is 8.31. The van der Waals surface area contributed by atoms with Gasteiger partial charge in [0.05, 0.1) is 5.25 Å². The molecule has 26 heavy (non-hydrogen) atoms. The highest BCUT2D eigenvalue weighted by molar-refractivity contribution is 7.99. The van der Waals surface area contributed by atoms with Crippen LogP contribution in [0.3, 0.4) is 0 Å². The number of anilines is 2.